The second-order valence-corrected chi connectivity index (χ2v) is 4.33. The first-order valence-electron chi connectivity index (χ1n) is 6.24. The Hall–Kier alpha value is -1.35. The third-order valence-corrected chi connectivity index (χ3v) is 2.71. The summed E-state index contributed by atoms with van der Waals surface area (Å²) in [6, 6.07) is 8.57. The minimum absolute atomic E-state index is 0.111. The van der Waals surface area contributed by atoms with Crippen molar-refractivity contribution in [1.29, 1.82) is 0 Å². The lowest BCUT2D eigenvalue weighted by atomic mass is 10.1. The van der Waals surface area contributed by atoms with Crippen LogP contribution in [-0.4, -0.2) is 19.0 Å². The van der Waals surface area contributed by atoms with Gasteiger partial charge in [0.15, 0.2) is 0 Å². The molecular weight excluding hydrogens is 212 g/mol. The van der Waals surface area contributed by atoms with Crippen LogP contribution in [-0.2, 0) is 11.2 Å². The van der Waals surface area contributed by atoms with Gasteiger partial charge in [0, 0.05) is 19.5 Å². The second kappa shape index (κ2) is 7.85. The van der Waals surface area contributed by atoms with Gasteiger partial charge in [-0.05, 0) is 31.7 Å². The smallest absolute Gasteiger partial charge is 0.220 e. The second-order valence-electron chi connectivity index (χ2n) is 4.33. The van der Waals surface area contributed by atoms with E-state index in [2.05, 4.69) is 36.5 Å². The van der Waals surface area contributed by atoms with E-state index in [1.54, 1.807) is 0 Å². The third-order valence-electron chi connectivity index (χ3n) is 2.71. The van der Waals surface area contributed by atoms with Crippen LogP contribution in [0.3, 0.4) is 0 Å². The fraction of sp³-hybridized carbons (Fsp3) is 0.500. The number of unbranched alkanes of at least 4 members (excludes halogenated alkanes) is 1. The number of amides is 1. The van der Waals surface area contributed by atoms with Crippen LogP contribution in [0.25, 0.3) is 0 Å². The molecule has 1 rings (SSSR count). The van der Waals surface area contributed by atoms with Crippen LogP contribution in [0, 0.1) is 6.92 Å². The maximum Gasteiger partial charge on any atom is 0.220 e. The monoisotopic (exact) mass is 234 g/mol. The van der Waals surface area contributed by atoms with E-state index in [0.29, 0.717) is 19.5 Å². The van der Waals surface area contributed by atoms with Crippen LogP contribution < -0.4 is 11.1 Å². The number of hydrogen-bond acceptors (Lipinski definition) is 2. The largest absolute Gasteiger partial charge is 0.355 e. The molecule has 0 radical (unpaired) electrons. The predicted molar refractivity (Wildman–Crippen MR) is 70.8 cm³/mol. The summed E-state index contributed by atoms with van der Waals surface area (Å²) in [5, 5.41) is 2.77. The highest BCUT2D eigenvalue weighted by atomic mass is 16.1. The van der Waals surface area contributed by atoms with Crippen LogP contribution in [0.4, 0.5) is 0 Å². The summed E-state index contributed by atoms with van der Waals surface area (Å²) in [5.74, 6) is 0.111. The Kier molecular flexibility index (Phi) is 6.33. The van der Waals surface area contributed by atoms with E-state index in [0.717, 1.165) is 19.3 Å². The van der Waals surface area contributed by atoms with Gasteiger partial charge in [-0.3, -0.25) is 4.79 Å². The molecule has 0 aliphatic heterocycles. The molecule has 0 bridgehead atoms. The van der Waals surface area contributed by atoms with Crippen molar-refractivity contribution >= 4 is 5.91 Å². The average molecular weight is 234 g/mol. The van der Waals surface area contributed by atoms with Crippen molar-refractivity contribution in [3.8, 4) is 0 Å². The molecule has 94 valence electrons. The zero-order valence-electron chi connectivity index (χ0n) is 10.5. The van der Waals surface area contributed by atoms with Crippen molar-refractivity contribution in [3.63, 3.8) is 0 Å². The highest BCUT2D eigenvalue weighted by molar-refractivity contribution is 5.75. The number of aryl methyl sites for hydroxylation is 2. The maximum absolute atomic E-state index is 11.3. The van der Waals surface area contributed by atoms with Crippen LogP contribution in [0.5, 0.6) is 0 Å². The molecule has 0 saturated carbocycles. The van der Waals surface area contributed by atoms with Gasteiger partial charge in [-0.1, -0.05) is 29.8 Å². The van der Waals surface area contributed by atoms with Crippen molar-refractivity contribution in [2.45, 2.75) is 32.6 Å². The van der Waals surface area contributed by atoms with Gasteiger partial charge in [0.1, 0.15) is 0 Å². The first-order chi connectivity index (χ1) is 8.22. The summed E-state index contributed by atoms with van der Waals surface area (Å²) < 4.78 is 0. The van der Waals surface area contributed by atoms with Gasteiger partial charge in [0.25, 0.3) is 0 Å². The topological polar surface area (TPSA) is 55.1 Å². The van der Waals surface area contributed by atoms with Crippen LogP contribution in [0.1, 0.15) is 30.4 Å². The number of rotatable bonds is 7. The fourth-order valence-electron chi connectivity index (χ4n) is 1.67. The molecule has 0 fully saturated rings. The molecule has 1 aromatic rings. The van der Waals surface area contributed by atoms with Gasteiger partial charge < -0.3 is 11.1 Å². The lowest BCUT2D eigenvalue weighted by Gasteiger charge is -2.04. The van der Waals surface area contributed by atoms with Crippen molar-refractivity contribution in [1.82, 2.24) is 5.32 Å². The lowest BCUT2D eigenvalue weighted by Crippen LogP contribution is -2.28. The normalized spacial score (nSPS) is 10.2. The van der Waals surface area contributed by atoms with Gasteiger partial charge in [-0.25, -0.2) is 0 Å². The molecule has 0 saturated heterocycles. The van der Waals surface area contributed by atoms with E-state index in [9.17, 15) is 4.79 Å². The van der Waals surface area contributed by atoms with E-state index in [1.165, 1.54) is 11.1 Å². The number of nitrogens with one attached hydrogen (secondary N) is 1. The van der Waals surface area contributed by atoms with Crippen LogP contribution >= 0.6 is 0 Å². The molecule has 17 heavy (non-hydrogen) atoms. The minimum atomic E-state index is 0.111. The molecule has 0 aliphatic carbocycles. The Labute approximate surface area is 103 Å². The van der Waals surface area contributed by atoms with Crippen molar-refractivity contribution in [2.75, 3.05) is 13.1 Å². The number of benzene rings is 1. The Balaban J connectivity index is 2.11. The molecule has 3 heteroatoms. The van der Waals surface area contributed by atoms with Crippen molar-refractivity contribution in [2.24, 2.45) is 5.73 Å². The minimum Gasteiger partial charge on any atom is -0.355 e. The highest BCUT2D eigenvalue weighted by Crippen LogP contribution is 2.08. The Morgan fingerprint density at radius 2 is 1.94 bits per heavy atom. The van der Waals surface area contributed by atoms with Gasteiger partial charge >= 0.3 is 0 Å². The Bertz CT molecular complexity index is 333. The number of carbonyl (C=O) groups excluding carboxylic acids is 1. The fourth-order valence-corrected chi connectivity index (χ4v) is 1.67. The third kappa shape index (κ3) is 6.07. The number of carbonyl (C=O) groups is 1. The van der Waals surface area contributed by atoms with Gasteiger partial charge in [-0.2, -0.15) is 0 Å². The Morgan fingerprint density at radius 1 is 1.24 bits per heavy atom. The van der Waals surface area contributed by atoms with E-state index in [4.69, 9.17) is 5.73 Å². The number of nitrogens with two attached hydrogens (primary N) is 1. The molecule has 1 amide bonds. The first-order valence-corrected chi connectivity index (χ1v) is 6.24. The van der Waals surface area contributed by atoms with Crippen LogP contribution in [0.2, 0.25) is 0 Å². The highest BCUT2D eigenvalue weighted by Gasteiger charge is 2.00. The van der Waals surface area contributed by atoms with Gasteiger partial charge in [0.05, 0.1) is 0 Å². The van der Waals surface area contributed by atoms with E-state index >= 15 is 0 Å². The molecule has 0 aliphatic rings. The SMILES string of the molecule is Cc1ccc(CCCCC(=O)NCCN)cc1. The number of hydrogen-bond donors (Lipinski definition) is 2. The zero-order valence-corrected chi connectivity index (χ0v) is 10.5. The van der Waals surface area contributed by atoms with Crippen molar-refractivity contribution < 1.29 is 4.79 Å². The van der Waals surface area contributed by atoms with Crippen molar-refractivity contribution in [3.05, 3.63) is 35.4 Å². The molecular formula is C14H22N2O. The van der Waals surface area contributed by atoms with E-state index < -0.39 is 0 Å². The lowest BCUT2D eigenvalue weighted by molar-refractivity contribution is -0.121. The quantitative estimate of drug-likeness (QED) is 0.707. The molecule has 0 heterocycles. The molecule has 0 atom stereocenters. The van der Waals surface area contributed by atoms with Gasteiger partial charge in [0.2, 0.25) is 5.91 Å². The summed E-state index contributed by atoms with van der Waals surface area (Å²) in [4.78, 5) is 11.3. The van der Waals surface area contributed by atoms with Crippen LogP contribution in [0.15, 0.2) is 24.3 Å². The maximum atomic E-state index is 11.3. The predicted octanol–water partition coefficient (Wildman–Crippen LogP) is 1.78. The average Bonchev–Trinajstić information content (AvgIpc) is 2.34. The molecule has 3 nitrogen and oxygen atoms in total. The first kappa shape index (κ1) is 13.7. The van der Waals surface area contributed by atoms with Gasteiger partial charge in [-0.15, -0.1) is 0 Å². The summed E-state index contributed by atoms with van der Waals surface area (Å²) in [5.41, 5.74) is 7.94. The molecule has 3 N–H and O–H groups in total. The van der Waals surface area contributed by atoms with E-state index in [1.807, 2.05) is 0 Å². The molecule has 1 aromatic carbocycles. The standard InChI is InChI=1S/C14H22N2O/c1-12-6-8-13(9-7-12)4-2-3-5-14(17)16-11-10-15/h6-9H,2-5,10-11,15H2,1H3,(H,16,17). The summed E-state index contributed by atoms with van der Waals surface area (Å²) >= 11 is 0. The summed E-state index contributed by atoms with van der Waals surface area (Å²) in [7, 11) is 0. The summed E-state index contributed by atoms with van der Waals surface area (Å²) in [6.45, 7) is 3.18. The molecule has 0 unspecified atom stereocenters. The molecule has 0 spiro atoms. The Morgan fingerprint density at radius 3 is 2.59 bits per heavy atom. The summed E-state index contributed by atoms with van der Waals surface area (Å²) in [6.07, 6.45) is 3.64. The molecule has 0 aromatic heterocycles. The zero-order chi connectivity index (χ0) is 12.5. The van der Waals surface area contributed by atoms with E-state index in [-0.39, 0.29) is 5.91 Å².